The van der Waals surface area contributed by atoms with E-state index in [-0.39, 0.29) is 22.7 Å². The van der Waals surface area contributed by atoms with Crippen molar-refractivity contribution in [3.05, 3.63) is 58.9 Å². The van der Waals surface area contributed by atoms with E-state index in [0.717, 1.165) is 5.56 Å². The van der Waals surface area contributed by atoms with Gasteiger partial charge in [-0.15, -0.1) is 0 Å². The number of nitrogens with zero attached hydrogens (tertiary/aromatic N) is 1. The van der Waals surface area contributed by atoms with Crippen molar-refractivity contribution in [1.82, 2.24) is 4.90 Å². The third-order valence-electron chi connectivity index (χ3n) is 6.91. The maximum Gasteiger partial charge on any atom is 0.254 e. The monoisotopic (exact) mass is 489 g/mol. The molecule has 0 saturated carbocycles. The summed E-state index contributed by atoms with van der Waals surface area (Å²) in [4.78, 5) is 15.3. The quantitative estimate of drug-likeness (QED) is 0.600. The van der Waals surface area contributed by atoms with Crippen molar-refractivity contribution in [3.63, 3.8) is 0 Å². The fourth-order valence-corrected chi connectivity index (χ4v) is 6.00. The molecule has 0 radical (unpaired) electrons. The van der Waals surface area contributed by atoms with E-state index in [1.807, 2.05) is 6.92 Å². The van der Waals surface area contributed by atoms with Gasteiger partial charge >= 0.3 is 0 Å². The zero-order valence-corrected chi connectivity index (χ0v) is 21.0. The van der Waals surface area contributed by atoms with Crippen LogP contribution in [0.25, 0.3) is 0 Å². The summed E-state index contributed by atoms with van der Waals surface area (Å²) in [6, 6.07) is 9.25. The molecule has 2 aromatic carbocycles. The highest BCUT2D eigenvalue weighted by atomic mass is 32.2. The molecule has 0 bridgehead atoms. The first kappa shape index (κ1) is 24.7. The molecule has 0 aromatic heterocycles. The maximum atomic E-state index is 13.8. The van der Waals surface area contributed by atoms with Crippen molar-refractivity contribution in [1.29, 1.82) is 0 Å². The van der Waals surface area contributed by atoms with E-state index in [0.29, 0.717) is 55.8 Å². The SMILES string of the molecule is CCOC1CC2(CCN(C(=O)c3ccc(S(=O)(=O)C(C)C)cc3C)CC2)Oc2ccc(F)cc21. The number of rotatable bonds is 5. The standard InChI is InChI=1S/C26H32FNO5S/c1-5-32-24-16-26(33-23-9-6-19(27)15-22(23)24)10-12-28(13-11-26)25(29)21-8-7-20(14-18(21)4)34(30,31)17(2)3/h6-9,14-15,17,24H,5,10-13,16H2,1-4H3. The molecular weight excluding hydrogens is 457 g/mol. The van der Waals surface area contributed by atoms with Crippen LogP contribution in [-0.2, 0) is 14.6 Å². The molecule has 6 nitrogen and oxygen atoms in total. The van der Waals surface area contributed by atoms with Crippen molar-refractivity contribution in [3.8, 4) is 5.75 Å². The summed E-state index contributed by atoms with van der Waals surface area (Å²) in [5, 5.41) is -0.524. The average molecular weight is 490 g/mol. The molecule has 4 rings (SSSR count). The number of benzene rings is 2. The predicted octanol–water partition coefficient (Wildman–Crippen LogP) is 4.85. The predicted molar refractivity (Wildman–Crippen MR) is 127 cm³/mol. The van der Waals surface area contributed by atoms with Gasteiger partial charge in [-0.25, -0.2) is 12.8 Å². The van der Waals surface area contributed by atoms with Crippen LogP contribution in [0.2, 0.25) is 0 Å². The Balaban J connectivity index is 1.50. The molecule has 34 heavy (non-hydrogen) atoms. The molecule has 184 valence electrons. The normalized spacial score (nSPS) is 19.7. The van der Waals surface area contributed by atoms with E-state index in [1.54, 1.807) is 43.9 Å². The lowest BCUT2D eigenvalue weighted by molar-refractivity contribution is -0.0701. The number of hydrogen-bond acceptors (Lipinski definition) is 5. The Kier molecular flexibility index (Phi) is 6.75. The second-order valence-corrected chi connectivity index (χ2v) is 12.0. The summed E-state index contributed by atoms with van der Waals surface area (Å²) in [5.74, 6) is 0.218. The van der Waals surface area contributed by atoms with Gasteiger partial charge < -0.3 is 14.4 Å². The molecule has 2 aliphatic rings. The molecule has 1 saturated heterocycles. The van der Waals surface area contributed by atoms with Gasteiger partial charge in [0.05, 0.1) is 16.2 Å². The van der Waals surface area contributed by atoms with Gasteiger partial charge in [-0.05, 0) is 69.7 Å². The van der Waals surface area contributed by atoms with E-state index in [9.17, 15) is 17.6 Å². The number of piperidine rings is 1. The second kappa shape index (κ2) is 9.30. The highest BCUT2D eigenvalue weighted by Crippen LogP contribution is 2.46. The smallest absolute Gasteiger partial charge is 0.254 e. The van der Waals surface area contributed by atoms with E-state index < -0.39 is 20.7 Å². The number of carbonyl (C=O) groups excluding carboxylic acids is 1. The number of likely N-dealkylation sites (tertiary alicyclic amines) is 1. The number of aryl methyl sites for hydroxylation is 1. The number of fused-ring (bicyclic) bond motifs is 1. The van der Waals surface area contributed by atoms with Gasteiger partial charge in [0.2, 0.25) is 0 Å². The van der Waals surface area contributed by atoms with Crippen LogP contribution >= 0.6 is 0 Å². The van der Waals surface area contributed by atoms with E-state index in [4.69, 9.17) is 9.47 Å². The van der Waals surface area contributed by atoms with Crippen LogP contribution < -0.4 is 4.74 Å². The first-order valence-electron chi connectivity index (χ1n) is 11.8. The summed E-state index contributed by atoms with van der Waals surface area (Å²) < 4.78 is 51.1. The second-order valence-electron chi connectivity index (χ2n) is 9.48. The highest BCUT2D eigenvalue weighted by molar-refractivity contribution is 7.92. The molecule has 2 aromatic rings. The number of amides is 1. The molecule has 0 N–H and O–H groups in total. The third-order valence-corrected chi connectivity index (χ3v) is 9.06. The van der Waals surface area contributed by atoms with E-state index in [1.165, 1.54) is 18.2 Å². The summed E-state index contributed by atoms with van der Waals surface area (Å²) in [6.07, 6.45) is 1.64. The summed E-state index contributed by atoms with van der Waals surface area (Å²) in [6.45, 7) is 8.52. The molecule has 2 aliphatic heterocycles. The Labute approximate surface area is 201 Å². The highest BCUT2D eigenvalue weighted by Gasteiger charge is 2.44. The number of halogens is 1. The van der Waals surface area contributed by atoms with Crippen LogP contribution in [0.4, 0.5) is 4.39 Å². The Morgan fingerprint density at radius 2 is 1.91 bits per heavy atom. The van der Waals surface area contributed by atoms with Crippen molar-refractivity contribution in [2.24, 2.45) is 0 Å². The Morgan fingerprint density at radius 1 is 1.21 bits per heavy atom. The third kappa shape index (κ3) is 4.58. The molecule has 1 unspecified atom stereocenters. The summed E-state index contributed by atoms with van der Waals surface area (Å²) in [5.41, 5.74) is 1.42. The molecule has 2 heterocycles. The van der Waals surface area contributed by atoms with Crippen LogP contribution in [0.1, 0.15) is 67.6 Å². The number of ether oxygens (including phenoxy) is 2. The fourth-order valence-electron chi connectivity index (χ4n) is 4.86. The van der Waals surface area contributed by atoms with Gasteiger partial charge in [0.25, 0.3) is 5.91 Å². The molecule has 1 amide bonds. The van der Waals surface area contributed by atoms with E-state index in [2.05, 4.69) is 0 Å². The Hall–Kier alpha value is -2.45. The van der Waals surface area contributed by atoms with Gasteiger partial charge in [-0.2, -0.15) is 0 Å². The molecule has 1 atom stereocenters. The minimum atomic E-state index is -3.40. The molecule has 0 aliphatic carbocycles. The van der Waals surface area contributed by atoms with Crippen LogP contribution in [0.5, 0.6) is 5.75 Å². The number of sulfone groups is 1. The first-order chi connectivity index (χ1) is 16.1. The molecular formula is C26H32FNO5S. The number of hydrogen-bond donors (Lipinski definition) is 0. The van der Waals surface area contributed by atoms with Crippen LogP contribution in [-0.4, -0.2) is 49.8 Å². The topological polar surface area (TPSA) is 72.9 Å². The van der Waals surface area contributed by atoms with Crippen molar-refractivity contribution in [2.45, 2.75) is 68.8 Å². The fraction of sp³-hybridized carbons (Fsp3) is 0.500. The lowest BCUT2D eigenvalue weighted by Crippen LogP contribution is -2.52. The van der Waals surface area contributed by atoms with E-state index >= 15 is 0 Å². The van der Waals surface area contributed by atoms with Gasteiger partial charge in [-0.1, -0.05) is 0 Å². The van der Waals surface area contributed by atoms with Crippen molar-refractivity contribution < 1.29 is 27.1 Å². The van der Waals surface area contributed by atoms with Gasteiger partial charge in [0.1, 0.15) is 17.2 Å². The summed E-state index contributed by atoms with van der Waals surface area (Å²) in [7, 11) is -3.40. The minimum Gasteiger partial charge on any atom is -0.487 e. The molecule has 8 heteroatoms. The van der Waals surface area contributed by atoms with Gasteiger partial charge in [0, 0.05) is 50.1 Å². The van der Waals surface area contributed by atoms with Crippen molar-refractivity contribution in [2.75, 3.05) is 19.7 Å². The van der Waals surface area contributed by atoms with Gasteiger partial charge in [0.15, 0.2) is 9.84 Å². The Morgan fingerprint density at radius 3 is 2.53 bits per heavy atom. The average Bonchev–Trinajstić information content (AvgIpc) is 2.79. The number of carbonyl (C=O) groups is 1. The largest absolute Gasteiger partial charge is 0.487 e. The van der Waals surface area contributed by atoms with Crippen LogP contribution in [0.3, 0.4) is 0 Å². The van der Waals surface area contributed by atoms with Crippen LogP contribution in [0, 0.1) is 12.7 Å². The zero-order valence-electron chi connectivity index (χ0n) is 20.1. The van der Waals surface area contributed by atoms with Gasteiger partial charge in [-0.3, -0.25) is 4.79 Å². The molecule has 1 spiro atoms. The zero-order chi connectivity index (χ0) is 24.7. The van der Waals surface area contributed by atoms with Crippen LogP contribution in [0.15, 0.2) is 41.3 Å². The lowest BCUT2D eigenvalue weighted by atomic mass is 9.81. The first-order valence-corrected chi connectivity index (χ1v) is 13.3. The lowest BCUT2D eigenvalue weighted by Gasteiger charge is -2.46. The summed E-state index contributed by atoms with van der Waals surface area (Å²) >= 11 is 0. The Bertz CT molecular complexity index is 1190. The maximum absolute atomic E-state index is 13.8. The molecule has 1 fully saturated rings. The van der Waals surface area contributed by atoms with Crippen molar-refractivity contribution >= 4 is 15.7 Å². The minimum absolute atomic E-state index is 0.111.